The second kappa shape index (κ2) is 9.16. The molecule has 6 nitrogen and oxygen atoms in total. The van der Waals surface area contributed by atoms with E-state index in [0.717, 1.165) is 50.9 Å². The van der Waals surface area contributed by atoms with Gasteiger partial charge >= 0.3 is 0 Å². The van der Waals surface area contributed by atoms with E-state index in [-0.39, 0.29) is 22.4 Å². The Labute approximate surface area is 224 Å². The molecule has 7 heteroatoms. The van der Waals surface area contributed by atoms with Crippen LogP contribution in [-0.4, -0.2) is 67.9 Å². The first-order chi connectivity index (χ1) is 17.9. The van der Waals surface area contributed by atoms with E-state index in [0.29, 0.717) is 36.0 Å². The highest BCUT2D eigenvalue weighted by Crippen LogP contribution is 2.60. The van der Waals surface area contributed by atoms with Crippen LogP contribution in [0.25, 0.3) is 0 Å². The fraction of sp³-hybridized carbons (Fsp3) is 0.733. The molecule has 2 spiro atoms. The fourth-order valence-corrected chi connectivity index (χ4v) is 10.8. The van der Waals surface area contributed by atoms with Crippen molar-refractivity contribution >= 4 is 11.8 Å². The topological polar surface area (TPSA) is 73.2 Å². The Morgan fingerprint density at radius 3 is 1.95 bits per heavy atom. The van der Waals surface area contributed by atoms with Crippen LogP contribution in [-0.2, 0) is 0 Å². The average Bonchev–Trinajstić information content (AvgIpc) is 3.66. The van der Waals surface area contributed by atoms with Crippen molar-refractivity contribution in [3.63, 3.8) is 0 Å². The lowest BCUT2D eigenvalue weighted by Gasteiger charge is -2.57. The minimum Gasteiger partial charge on any atom is -0.472 e. The van der Waals surface area contributed by atoms with Gasteiger partial charge in [-0.1, -0.05) is 13.8 Å². The maximum Gasteiger partial charge on any atom is 0.0950 e. The molecule has 37 heavy (non-hydrogen) atoms. The summed E-state index contributed by atoms with van der Waals surface area (Å²) in [6.45, 7) is 6.52. The van der Waals surface area contributed by atoms with Crippen LogP contribution in [0.15, 0.2) is 46.0 Å². The van der Waals surface area contributed by atoms with Crippen LogP contribution >= 0.6 is 11.8 Å². The largest absolute Gasteiger partial charge is 0.472 e. The summed E-state index contributed by atoms with van der Waals surface area (Å²) in [5, 5.41) is 23.5. The normalized spacial score (nSPS) is 46.8. The lowest BCUT2D eigenvalue weighted by molar-refractivity contribution is -0.118. The maximum atomic E-state index is 11.7. The van der Waals surface area contributed by atoms with Gasteiger partial charge in [0, 0.05) is 59.6 Å². The summed E-state index contributed by atoms with van der Waals surface area (Å²) in [5.74, 6) is 2.10. The van der Waals surface area contributed by atoms with Crippen LogP contribution in [0.2, 0.25) is 0 Å². The summed E-state index contributed by atoms with van der Waals surface area (Å²) >= 11 is 1.96. The highest BCUT2D eigenvalue weighted by atomic mass is 32.2. The van der Waals surface area contributed by atoms with Gasteiger partial charge < -0.3 is 19.0 Å². The van der Waals surface area contributed by atoms with E-state index in [1.54, 1.807) is 12.5 Å². The molecule has 10 atom stereocenters. The smallest absolute Gasteiger partial charge is 0.0950 e. The van der Waals surface area contributed by atoms with Crippen LogP contribution in [0.1, 0.15) is 82.0 Å². The zero-order valence-corrected chi connectivity index (χ0v) is 23.0. The summed E-state index contributed by atoms with van der Waals surface area (Å²) in [5.41, 5.74) is 2.36. The van der Waals surface area contributed by atoms with E-state index >= 15 is 0 Å². The third kappa shape index (κ3) is 3.90. The molecular formula is C30H42N2O4S. The maximum absolute atomic E-state index is 11.7. The molecule has 202 valence electrons. The molecule has 0 bridgehead atoms. The molecule has 2 aromatic rings. The summed E-state index contributed by atoms with van der Waals surface area (Å²) in [6, 6.07) is 5.77. The van der Waals surface area contributed by atoms with Gasteiger partial charge in [-0.25, -0.2) is 0 Å². The van der Waals surface area contributed by atoms with Gasteiger partial charge in [-0.3, -0.25) is 9.80 Å². The Morgan fingerprint density at radius 2 is 1.38 bits per heavy atom. The number of piperidine rings is 4. The number of thioether (sulfide) groups is 1. The zero-order valence-electron chi connectivity index (χ0n) is 22.2. The lowest BCUT2D eigenvalue weighted by Crippen LogP contribution is -2.64. The fourth-order valence-electron chi connectivity index (χ4n) is 8.93. The SMILES string of the molecule is CC1CCC(c2ccoc2)N2CC3(CSC4(CN5C(c6ccoc6)CCC(C)C5CC4O)C3)C(O)CC12. The first-order valence-corrected chi connectivity index (χ1v) is 15.4. The summed E-state index contributed by atoms with van der Waals surface area (Å²) in [6.07, 6.45) is 14.0. The van der Waals surface area contributed by atoms with Crippen LogP contribution in [0.4, 0.5) is 0 Å². The van der Waals surface area contributed by atoms with Gasteiger partial charge in [0.1, 0.15) is 0 Å². The van der Waals surface area contributed by atoms with E-state index in [9.17, 15) is 10.2 Å². The van der Waals surface area contributed by atoms with Gasteiger partial charge in [0.05, 0.1) is 42.0 Å². The van der Waals surface area contributed by atoms with Crippen molar-refractivity contribution in [3.05, 3.63) is 48.3 Å². The number of aliphatic hydroxyl groups is 2. The van der Waals surface area contributed by atoms with E-state index in [4.69, 9.17) is 8.83 Å². The van der Waals surface area contributed by atoms with E-state index in [1.807, 2.05) is 24.3 Å². The molecule has 7 heterocycles. The van der Waals surface area contributed by atoms with Gasteiger partial charge in [0.15, 0.2) is 0 Å². The number of hydrogen-bond donors (Lipinski definition) is 2. The summed E-state index contributed by atoms with van der Waals surface area (Å²) in [4.78, 5) is 5.41. The predicted molar refractivity (Wildman–Crippen MR) is 144 cm³/mol. The molecule has 5 fully saturated rings. The Hall–Kier alpha value is -1.25. The number of rotatable bonds is 2. The molecule has 5 aliphatic heterocycles. The second-order valence-corrected chi connectivity index (χ2v) is 14.5. The average molecular weight is 527 g/mol. The van der Waals surface area contributed by atoms with Gasteiger partial charge in [0.25, 0.3) is 0 Å². The number of aliphatic hydroxyl groups excluding tert-OH is 2. The molecule has 2 aromatic heterocycles. The molecule has 0 radical (unpaired) electrons. The van der Waals surface area contributed by atoms with E-state index < -0.39 is 0 Å². The molecule has 0 aromatic carbocycles. The zero-order chi connectivity index (χ0) is 25.4. The monoisotopic (exact) mass is 526 g/mol. The molecular weight excluding hydrogens is 484 g/mol. The number of hydrogen-bond acceptors (Lipinski definition) is 7. The van der Waals surface area contributed by atoms with Gasteiger partial charge in [0.2, 0.25) is 0 Å². The Kier molecular flexibility index (Phi) is 6.13. The Balaban J connectivity index is 1.18. The van der Waals surface area contributed by atoms with Crippen molar-refractivity contribution in [3.8, 4) is 0 Å². The van der Waals surface area contributed by atoms with Gasteiger partial charge in [-0.2, -0.15) is 11.8 Å². The van der Waals surface area contributed by atoms with Crippen LogP contribution < -0.4 is 0 Å². The van der Waals surface area contributed by atoms with Gasteiger partial charge in [-0.15, -0.1) is 0 Å². The highest BCUT2D eigenvalue weighted by Gasteiger charge is 2.62. The van der Waals surface area contributed by atoms with Crippen LogP contribution in [0, 0.1) is 17.3 Å². The van der Waals surface area contributed by atoms with Crippen molar-refractivity contribution in [2.75, 3.05) is 18.8 Å². The second-order valence-electron chi connectivity index (χ2n) is 13.1. The van der Waals surface area contributed by atoms with Crippen molar-refractivity contribution in [1.82, 2.24) is 9.80 Å². The van der Waals surface area contributed by atoms with Gasteiger partial charge in [-0.05, 0) is 68.9 Å². The highest BCUT2D eigenvalue weighted by molar-refractivity contribution is 8.01. The summed E-state index contributed by atoms with van der Waals surface area (Å²) < 4.78 is 10.8. The summed E-state index contributed by atoms with van der Waals surface area (Å²) in [7, 11) is 0. The molecule has 0 saturated carbocycles. The van der Waals surface area contributed by atoms with E-state index in [2.05, 4.69) is 35.8 Å². The molecule has 5 saturated heterocycles. The number of furan rings is 2. The first kappa shape index (κ1) is 24.8. The molecule has 7 rings (SSSR count). The molecule has 0 aliphatic carbocycles. The minimum absolute atomic E-state index is 0.180. The third-order valence-corrected chi connectivity index (χ3v) is 12.9. The number of nitrogens with zero attached hydrogens (tertiary/aromatic N) is 2. The van der Waals surface area contributed by atoms with Crippen molar-refractivity contribution in [1.29, 1.82) is 0 Å². The standard InChI is InChI=1S/C30H42N2O4S/c1-19-3-5-23(21-7-9-35-13-21)31-16-29(27(33)11-25(19)31)15-30(37-18-29)17-32-24(22-8-10-36-14-22)6-4-20(2)26(32)12-28(30)34/h7-10,13-14,19-20,23-28,33-34H,3-6,11-12,15-18H2,1-2H3. The minimum atomic E-state index is -0.335. The van der Waals surface area contributed by atoms with Crippen molar-refractivity contribution in [2.24, 2.45) is 17.3 Å². The lowest BCUT2D eigenvalue weighted by atomic mass is 9.65. The van der Waals surface area contributed by atoms with Crippen molar-refractivity contribution < 1.29 is 19.0 Å². The van der Waals surface area contributed by atoms with Crippen LogP contribution in [0.3, 0.4) is 0 Å². The molecule has 10 unspecified atom stereocenters. The third-order valence-electron chi connectivity index (χ3n) is 11.1. The van der Waals surface area contributed by atoms with Crippen molar-refractivity contribution in [2.45, 2.75) is 99.9 Å². The van der Waals surface area contributed by atoms with Crippen LogP contribution in [0.5, 0.6) is 0 Å². The Morgan fingerprint density at radius 1 is 0.811 bits per heavy atom. The number of fused-ring (bicyclic) bond motifs is 2. The first-order valence-electron chi connectivity index (χ1n) is 14.4. The molecule has 5 aliphatic rings. The predicted octanol–water partition coefficient (Wildman–Crippen LogP) is 5.25. The molecule has 2 N–H and O–H groups in total. The Bertz CT molecular complexity index is 993. The van der Waals surface area contributed by atoms with E-state index in [1.165, 1.54) is 24.0 Å². The quantitative estimate of drug-likeness (QED) is 0.554. The molecule has 0 amide bonds.